The van der Waals surface area contributed by atoms with Crippen LogP contribution in [0, 0.1) is 0 Å². The molecular formula is C9H16Si. The van der Waals surface area contributed by atoms with Crippen molar-refractivity contribution in [3.63, 3.8) is 0 Å². The van der Waals surface area contributed by atoms with Gasteiger partial charge < -0.3 is 0 Å². The van der Waals surface area contributed by atoms with E-state index in [1.807, 2.05) is 0 Å². The summed E-state index contributed by atoms with van der Waals surface area (Å²) in [5, 5.41) is 0. The molecule has 0 unspecified atom stereocenters. The normalized spacial score (nSPS) is 19.9. The Morgan fingerprint density at radius 3 is 1.90 bits per heavy atom. The molecule has 56 valence electrons. The third kappa shape index (κ3) is 1.84. The zero-order valence-corrected chi connectivity index (χ0v) is 8.09. The van der Waals surface area contributed by atoms with Crippen molar-refractivity contribution in [1.29, 1.82) is 0 Å². The lowest BCUT2D eigenvalue weighted by Crippen LogP contribution is -2.25. The summed E-state index contributed by atoms with van der Waals surface area (Å²) in [6.45, 7) is 7.24. The maximum absolute atomic E-state index is 2.41. The van der Waals surface area contributed by atoms with E-state index in [0.717, 1.165) is 12.0 Å². The van der Waals surface area contributed by atoms with Crippen LogP contribution in [0.5, 0.6) is 0 Å². The highest BCUT2D eigenvalue weighted by Crippen LogP contribution is 2.27. The molecule has 10 heavy (non-hydrogen) atoms. The molecule has 0 saturated heterocycles. The number of hydrogen-bond donors (Lipinski definition) is 0. The quantitative estimate of drug-likeness (QED) is 0.400. The second kappa shape index (κ2) is 2.75. The minimum atomic E-state index is -0.930. The van der Waals surface area contributed by atoms with E-state index in [9.17, 15) is 0 Å². The van der Waals surface area contributed by atoms with E-state index in [1.54, 1.807) is 0 Å². The van der Waals surface area contributed by atoms with Gasteiger partial charge in [-0.25, -0.2) is 0 Å². The molecule has 1 aliphatic carbocycles. The van der Waals surface area contributed by atoms with Crippen molar-refractivity contribution in [3.8, 4) is 0 Å². The van der Waals surface area contributed by atoms with E-state index in [0.29, 0.717) is 0 Å². The topological polar surface area (TPSA) is 0 Å². The predicted molar refractivity (Wildman–Crippen MR) is 50.0 cm³/mol. The van der Waals surface area contributed by atoms with Crippen molar-refractivity contribution in [1.82, 2.24) is 0 Å². The predicted octanol–water partition coefficient (Wildman–Crippen LogP) is 3.21. The van der Waals surface area contributed by atoms with Gasteiger partial charge in [0.25, 0.3) is 0 Å². The Morgan fingerprint density at radius 2 is 1.60 bits per heavy atom. The molecule has 1 aliphatic rings. The first kappa shape index (κ1) is 7.80. The Kier molecular flexibility index (Phi) is 2.14. The monoisotopic (exact) mass is 152 g/mol. The Balaban J connectivity index is 2.64. The summed E-state index contributed by atoms with van der Waals surface area (Å²) in [7, 11) is -0.930. The van der Waals surface area contributed by atoms with Gasteiger partial charge in [-0.2, -0.15) is 0 Å². The summed E-state index contributed by atoms with van der Waals surface area (Å²) >= 11 is 0. The highest BCUT2D eigenvalue weighted by Gasteiger charge is 2.22. The van der Waals surface area contributed by atoms with Crippen molar-refractivity contribution in [2.24, 2.45) is 0 Å². The van der Waals surface area contributed by atoms with Gasteiger partial charge in [-0.05, 0) is 12.0 Å². The van der Waals surface area contributed by atoms with Crippen molar-refractivity contribution < 1.29 is 0 Å². The van der Waals surface area contributed by atoms with Crippen LogP contribution in [0.1, 0.15) is 6.42 Å². The van der Waals surface area contributed by atoms with Gasteiger partial charge in [0.05, 0.1) is 8.07 Å². The molecule has 0 aromatic carbocycles. The fourth-order valence-electron chi connectivity index (χ4n) is 1.17. The minimum Gasteiger partial charge on any atom is -0.0845 e. The second-order valence-corrected chi connectivity index (χ2v) is 9.38. The smallest absolute Gasteiger partial charge is 0.0557 e. The summed E-state index contributed by atoms with van der Waals surface area (Å²) in [5.41, 5.74) is 0.779. The molecule has 1 heteroatoms. The zero-order chi connectivity index (χ0) is 7.61. The second-order valence-electron chi connectivity index (χ2n) is 3.98. The highest BCUT2D eigenvalue weighted by atomic mass is 28.3. The van der Waals surface area contributed by atoms with Crippen LogP contribution in [0.3, 0.4) is 0 Å². The third-order valence-electron chi connectivity index (χ3n) is 1.96. The van der Waals surface area contributed by atoms with Crippen LogP contribution < -0.4 is 0 Å². The van der Waals surface area contributed by atoms with Crippen molar-refractivity contribution >= 4 is 8.07 Å². The molecule has 0 heterocycles. The van der Waals surface area contributed by atoms with Gasteiger partial charge in [-0.15, -0.1) is 0 Å². The lowest BCUT2D eigenvalue weighted by molar-refractivity contribution is 1.17. The summed E-state index contributed by atoms with van der Waals surface area (Å²) in [4.78, 5) is 0. The third-order valence-corrected chi connectivity index (χ3v) is 4.34. The van der Waals surface area contributed by atoms with Crippen molar-refractivity contribution in [2.75, 3.05) is 0 Å². The van der Waals surface area contributed by atoms with E-state index in [-0.39, 0.29) is 0 Å². The molecule has 0 atom stereocenters. The maximum atomic E-state index is 2.41. The number of rotatable bonds is 1. The molecule has 0 radical (unpaired) electrons. The van der Waals surface area contributed by atoms with Crippen LogP contribution in [0.4, 0.5) is 0 Å². The number of allylic oxidation sites excluding steroid dienone is 4. The molecule has 0 aromatic heterocycles. The van der Waals surface area contributed by atoms with Crippen LogP contribution in [-0.2, 0) is 0 Å². The Bertz CT molecular complexity index is 148. The van der Waals surface area contributed by atoms with E-state index in [2.05, 4.69) is 43.9 Å². The van der Waals surface area contributed by atoms with Gasteiger partial charge >= 0.3 is 0 Å². The minimum absolute atomic E-state index is 0.779. The van der Waals surface area contributed by atoms with E-state index >= 15 is 0 Å². The van der Waals surface area contributed by atoms with Crippen LogP contribution in [0.25, 0.3) is 0 Å². The van der Waals surface area contributed by atoms with Gasteiger partial charge in [0.15, 0.2) is 0 Å². The first-order valence-electron chi connectivity index (χ1n) is 3.94. The van der Waals surface area contributed by atoms with Crippen LogP contribution in [-0.4, -0.2) is 8.07 Å². The van der Waals surface area contributed by atoms with Crippen molar-refractivity contribution in [3.05, 3.63) is 24.3 Å². The standard InChI is InChI=1S/C9H16Si/c1-10(2,3)9-7-5-4-6-8-9/h5-9H,4H2,1-3H3. The number of hydrogen-bond acceptors (Lipinski definition) is 0. The van der Waals surface area contributed by atoms with Crippen molar-refractivity contribution in [2.45, 2.75) is 31.6 Å². The highest BCUT2D eigenvalue weighted by molar-refractivity contribution is 6.78. The van der Waals surface area contributed by atoms with Gasteiger partial charge in [0, 0.05) is 0 Å². The zero-order valence-electron chi connectivity index (χ0n) is 7.09. The average Bonchev–Trinajstić information content (AvgIpc) is 1.88. The lowest BCUT2D eigenvalue weighted by atomic mass is 10.2. The molecule has 0 fully saturated rings. The van der Waals surface area contributed by atoms with E-state index in [1.165, 1.54) is 0 Å². The summed E-state index contributed by atoms with van der Waals surface area (Å²) in [6, 6.07) is 0. The fourth-order valence-corrected chi connectivity index (χ4v) is 2.60. The van der Waals surface area contributed by atoms with Gasteiger partial charge in [-0.3, -0.25) is 0 Å². The van der Waals surface area contributed by atoms with Gasteiger partial charge in [0.1, 0.15) is 0 Å². The van der Waals surface area contributed by atoms with Crippen LogP contribution in [0.15, 0.2) is 24.3 Å². The Hall–Kier alpha value is -0.303. The molecule has 0 aromatic rings. The van der Waals surface area contributed by atoms with E-state index < -0.39 is 8.07 Å². The Morgan fingerprint density at radius 1 is 1.10 bits per heavy atom. The molecule has 0 nitrogen and oxygen atoms in total. The average molecular weight is 152 g/mol. The molecule has 0 aliphatic heterocycles. The summed E-state index contributed by atoms with van der Waals surface area (Å²) in [5.74, 6) is 0. The van der Waals surface area contributed by atoms with Gasteiger partial charge in [-0.1, -0.05) is 43.9 Å². The fraction of sp³-hybridized carbons (Fsp3) is 0.556. The Labute approximate surface area is 64.7 Å². The van der Waals surface area contributed by atoms with Crippen LogP contribution in [0.2, 0.25) is 25.2 Å². The maximum Gasteiger partial charge on any atom is 0.0557 e. The molecule has 1 rings (SSSR count). The summed E-state index contributed by atoms with van der Waals surface area (Å²) in [6.07, 6.45) is 10.4. The van der Waals surface area contributed by atoms with Crippen LogP contribution >= 0.6 is 0 Å². The molecule has 0 amide bonds. The van der Waals surface area contributed by atoms with Gasteiger partial charge in [0.2, 0.25) is 0 Å². The molecule has 0 bridgehead atoms. The van der Waals surface area contributed by atoms with E-state index in [4.69, 9.17) is 0 Å². The summed E-state index contributed by atoms with van der Waals surface area (Å²) < 4.78 is 0. The lowest BCUT2D eigenvalue weighted by Gasteiger charge is -2.24. The SMILES string of the molecule is C[Si](C)(C)C1C=CCC=C1. The largest absolute Gasteiger partial charge is 0.0845 e. The first-order chi connectivity index (χ1) is 4.61. The molecule has 0 spiro atoms. The molecular weight excluding hydrogens is 136 g/mol. The first-order valence-corrected chi connectivity index (χ1v) is 7.52. The molecule has 0 saturated carbocycles. The molecule has 0 N–H and O–H groups in total.